The molecule has 176 valence electrons. The molecule has 0 spiro atoms. The second-order valence-electron chi connectivity index (χ2n) is 8.19. The lowest BCUT2D eigenvalue weighted by Crippen LogP contribution is -2.52. The first-order valence-corrected chi connectivity index (χ1v) is 12.5. The quantitative estimate of drug-likeness (QED) is 0.627. The second kappa shape index (κ2) is 10.3. The van der Waals surface area contributed by atoms with E-state index in [0.717, 1.165) is 12.8 Å². The summed E-state index contributed by atoms with van der Waals surface area (Å²) in [6.07, 6.45) is 1.41. The number of benzene rings is 1. The number of carbonyl (C=O) groups is 2. The highest BCUT2D eigenvalue weighted by Gasteiger charge is 2.31. The Balaban J connectivity index is 1.24. The van der Waals surface area contributed by atoms with Gasteiger partial charge in [0, 0.05) is 51.6 Å². The number of ether oxygens (including phenoxy) is 2. The van der Waals surface area contributed by atoms with Crippen molar-refractivity contribution in [3.63, 3.8) is 0 Å². The van der Waals surface area contributed by atoms with Gasteiger partial charge in [0.05, 0.1) is 24.7 Å². The van der Waals surface area contributed by atoms with E-state index in [2.05, 4.69) is 5.32 Å². The Morgan fingerprint density at radius 3 is 2.28 bits per heavy atom. The van der Waals surface area contributed by atoms with E-state index in [1.165, 1.54) is 16.4 Å². The van der Waals surface area contributed by atoms with E-state index in [1.54, 1.807) is 12.1 Å². The van der Waals surface area contributed by atoms with Crippen LogP contribution in [-0.2, 0) is 29.1 Å². The molecule has 1 aromatic rings. The Labute approximate surface area is 188 Å². The molecule has 0 radical (unpaired) electrons. The lowest BCUT2D eigenvalue weighted by Gasteiger charge is -2.35. The largest absolute Gasteiger partial charge is 0.379 e. The number of nitrogens with zero attached hydrogens (tertiary/aromatic N) is 3. The first kappa shape index (κ1) is 23.1. The Bertz CT molecular complexity index is 903. The molecule has 0 saturated carbocycles. The highest BCUT2D eigenvalue weighted by Crippen LogP contribution is 2.20. The molecule has 32 heavy (non-hydrogen) atoms. The SMILES string of the molecule is O=C(CN1CCN(C(=O)C2CCCO2)CC1)Nc1ccc(S(=O)(=O)N2CCOCC2)cc1. The average molecular weight is 467 g/mol. The smallest absolute Gasteiger partial charge is 0.251 e. The first-order valence-electron chi connectivity index (χ1n) is 11.0. The molecule has 1 unspecified atom stereocenters. The number of carbonyl (C=O) groups excluding carboxylic acids is 2. The third kappa shape index (κ3) is 5.46. The van der Waals surface area contributed by atoms with E-state index >= 15 is 0 Å². The molecule has 4 rings (SSSR count). The molecule has 0 aliphatic carbocycles. The summed E-state index contributed by atoms with van der Waals surface area (Å²) in [5.41, 5.74) is 0.545. The number of sulfonamides is 1. The second-order valence-corrected chi connectivity index (χ2v) is 10.1. The summed E-state index contributed by atoms with van der Waals surface area (Å²) in [5, 5.41) is 2.82. The maximum atomic E-state index is 12.7. The van der Waals surface area contributed by atoms with Crippen molar-refractivity contribution in [1.29, 1.82) is 0 Å². The maximum absolute atomic E-state index is 12.7. The van der Waals surface area contributed by atoms with Crippen LogP contribution in [0, 0.1) is 0 Å². The van der Waals surface area contributed by atoms with E-state index in [-0.39, 0.29) is 29.4 Å². The lowest BCUT2D eigenvalue weighted by molar-refractivity contribution is -0.142. The fourth-order valence-corrected chi connectivity index (χ4v) is 5.56. The van der Waals surface area contributed by atoms with Crippen LogP contribution in [0.25, 0.3) is 0 Å². The van der Waals surface area contributed by atoms with E-state index in [1.807, 2.05) is 9.80 Å². The molecule has 11 heteroatoms. The number of hydrogen-bond acceptors (Lipinski definition) is 7. The fourth-order valence-electron chi connectivity index (χ4n) is 4.15. The van der Waals surface area contributed by atoms with E-state index in [4.69, 9.17) is 9.47 Å². The molecule has 10 nitrogen and oxygen atoms in total. The zero-order chi connectivity index (χ0) is 22.6. The molecule has 1 N–H and O–H groups in total. The molecule has 1 atom stereocenters. The van der Waals surface area contributed by atoms with Gasteiger partial charge in [-0.25, -0.2) is 8.42 Å². The van der Waals surface area contributed by atoms with E-state index in [9.17, 15) is 18.0 Å². The van der Waals surface area contributed by atoms with Crippen molar-refractivity contribution < 1.29 is 27.5 Å². The molecule has 0 bridgehead atoms. The van der Waals surface area contributed by atoms with Crippen LogP contribution in [0.15, 0.2) is 29.2 Å². The van der Waals surface area contributed by atoms with Gasteiger partial charge in [0.15, 0.2) is 0 Å². The van der Waals surface area contributed by atoms with Crippen molar-refractivity contribution in [3.05, 3.63) is 24.3 Å². The van der Waals surface area contributed by atoms with Gasteiger partial charge in [0.1, 0.15) is 6.10 Å². The monoisotopic (exact) mass is 466 g/mol. The number of piperazine rings is 1. The van der Waals surface area contributed by atoms with Crippen molar-refractivity contribution in [2.45, 2.75) is 23.8 Å². The molecular formula is C21H30N4O6S. The molecular weight excluding hydrogens is 436 g/mol. The maximum Gasteiger partial charge on any atom is 0.251 e. The standard InChI is InChI=1S/C21H30N4O6S/c26-20(16-23-7-9-24(10-8-23)21(27)19-2-1-13-31-19)22-17-3-5-18(6-4-17)32(28,29)25-11-14-30-15-12-25/h3-6,19H,1-2,7-16H2,(H,22,26). The van der Waals surface area contributed by atoms with Gasteiger partial charge in [-0.15, -0.1) is 0 Å². The first-order chi connectivity index (χ1) is 15.4. The van der Waals surface area contributed by atoms with Crippen LogP contribution in [-0.4, -0.2) is 106 Å². The van der Waals surface area contributed by atoms with Crippen molar-refractivity contribution in [2.75, 3.05) is 71.0 Å². The van der Waals surface area contributed by atoms with Gasteiger partial charge in [0.2, 0.25) is 15.9 Å². The van der Waals surface area contributed by atoms with Crippen LogP contribution >= 0.6 is 0 Å². The Kier molecular flexibility index (Phi) is 7.41. The van der Waals surface area contributed by atoms with Gasteiger partial charge in [-0.3, -0.25) is 14.5 Å². The number of amides is 2. The molecule has 3 aliphatic heterocycles. The minimum Gasteiger partial charge on any atom is -0.379 e. The van der Waals surface area contributed by atoms with Crippen LogP contribution in [0.1, 0.15) is 12.8 Å². The highest BCUT2D eigenvalue weighted by atomic mass is 32.2. The van der Waals surface area contributed by atoms with Crippen molar-refractivity contribution >= 4 is 27.5 Å². The molecule has 3 fully saturated rings. The number of hydrogen-bond donors (Lipinski definition) is 1. The third-order valence-electron chi connectivity index (χ3n) is 6.00. The molecule has 1 aromatic carbocycles. The summed E-state index contributed by atoms with van der Waals surface area (Å²) in [4.78, 5) is 28.9. The minimum absolute atomic E-state index is 0.0544. The summed E-state index contributed by atoms with van der Waals surface area (Å²) >= 11 is 0. The Morgan fingerprint density at radius 1 is 0.969 bits per heavy atom. The highest BCUT2D eigenvalue weighted by molar-refractivity contribution is 7.89. The van der Waals surface area contributed by atoms with Gasteiger partial charge in [0.25, 0.3) is 5.91 Å². The zero-order valence-corrected chi connectivity index (χ0v) is 18.9. The number of anilines is 1. The zero-order valence-electron chi connectivity index (χ0n) is 18.1. The minimum atomic E-state index is -3.56. The van der Waals surface area contributed by atoms with Gasteiger partial charge < -0.3 is 19.7 Å². The van der Waals surface area contributed by atoms with Crippen molar-refractivity contribution in [3.8, 4) is 0 Å². The summed E-state index contributed by atoms with van der Waals surface area (Å²) in [6, 6.07) is 6.22. The van der Waals surface area contributed by atoms with Gasteiger partial charge >= 0.3 is 0 Å². The summed E-state index contributed by atoms with van der Waals surface area (Å²) < 4.78 is 37.5. The van der Waals surface area contributed by atoms with Crippen molar-refractivity contribution in [2.24, 2.45) is 0 Å². The van der Waals surface area contributed by atoms with E-state index in [0.29, 0.717) is 64.8 Å². The van der Waals surface area contributed by atoms with Crippen LogP contribution in [0.3, 0.4) is 0 Å². The van der Waals surface area contributed by atoms with Gasteiger partial charge in [-0.05, 0) is 37.1 Å². The predicted molar refractivity (Wildman–Crippen MR) is 117 cm³/mol. The number of rotatable bonds is 6. The lowest BCUT2D eigenvalue weighted by atomic mass is 10.2. The van der Waals surface area contributed by atoms with Crippen LogP contribution in [0.2, 0.25) is 0 Å². The molecule has 3 saturated heterocycles. The Morgan fingerprint density at radius 2 is 1.66 bits per heavy atom. The number of morpholine rings is 1. The molecule has 3 heterocycles. The Hall–Kier alpha value is -2.05. The summed E-state index contributed by atoms with van der Waals surface area (Å²) in [6.45, 7) is 4.76. The van der Waals surface area contributed by atoms with Crippen LogP contribution < -0.4 is 5.32 Å². The van der Waals surface area contributed by atoms with E-state index < -0.39 is 10.0 Å². The van der Waals surface area contributed by atoms with Crippen LogP contribution in [0.4, 0.5) is 5.69 Å². The van der Waals surface area contributed by atoms with Crippen LogP contribution in [0.5, 0.6) is 0 Å². The molecule has 0 aromatic heterocycles. The fraction of sp³-hybridized carbons (Fsp3) is 0.619. The normalized spacial score (nSPS) is 23.2. The van der Waals surface area contributed by atoms with Crippen molar-refractivity contribution in [1.82, 2.24) is 14.1 Å². The number of nitrogens with one attached hydrogen (secondary N) is 1. The average Bonchev–Trinajstić information content (AvgIpc) is 3.35. The topological polar surface area (TPSA) is 108 Å². The molecule has 3 aliphatic rings. The predicted octanol–water partition coefficient (Wildman–Crippen LogP) is -0.0308. The third-order valence-corrected chi connectivity index (χ3v) is 7.92. The summed E-state index contributed by atoms with van der Waals surface area (Å²) in [5.74, 6) is -0.119. The summed E-state index contributed by atoms with van der Waals surface area (Å²) in [7, 11) is -3.56. The van der Waals surface area contributed by atoms with Gasteiger partial charge in [-0.2, -0.15) is 4.31 Å². The van der Waals surface area contributed by atoms with Gasteiger partial charge in [-0.1, -0.05) is 0 Å². The molecule has 2 amide bonds.